The Hall–Kier alpha value is -3.07. The van der Waals surface area contributed by atoms with Gasteiger partial charge in [0.05, 0.1) is 31.8 Å². The van der Waals surface area contributed by atoms with E-state index in [-0.39, 0.29) is 22.0 Å². The number of amides is 2. The Balaban J connectivity index is 2.47. The highest BCUT2D eigenvalue weighted by atomic mass is 32.1. The second-order valence-corrected chi connectivity index (χ2v) is 7.03. The van der Waals surface area contributed by atoms with Gasteiger partial charge in [0.1, 0.15) is 16.5 Å². The number of hydrogen-bond acceptors (Lipinski definition) is 7. The van der Waals surface area contributed by atoms with Crippen molar-refractivity contribution in [2.24, 2.45) is 0 Å². The van der Waals surface area contributed by atoms with Crippen molar-refractivity contribution < 1.29 is 28.6 Å². The molecule has 0 aliphatic carbocycles. The number of carbonyl (C=O) groups is 3. The summed E-state index contributed by atoms with van der Waals surface area (Å²) in [4.78, 5) is 39.2. The third-order valence-electron chi connectivity index (χ3n) is 3.98. The molecule has 0 aliphatic rings. The quantitative estimate of drug-likeness (QED) is 0.742. The van der Waals surface area contributed by atoms with E-state index in [9.17, 15) is 14.4 Å². The summed E-state index contributed by atoms with van der Waals surface area (Å²) in [6.07, 6.45) is 0. The minimum absolute atomic E-state index is 0.154. The van der Waals surface area contributed by atoms with Gasteiger partial charge >= 0.3 is 5.97 Å². The molecule has 28 heavy (non-hydrogen) atoms. The van der Waals surface area contributed by atoms with Crippen LogP contribution in [-0.4, -0.2) is 58.1 Å². The molecule has 0 aliphatic heterocycles. The maximum Gasteiger partial charge on any atom is 0.341 e. The van der Waals surface area contributed by atoms with Crippen molar-refractivity contribution in [1.29, 1.82) is 0 Å². The van der Waals surface area contributed by atoms with Gasteiger partial charge in [0.15, 0.2) is 0 Å². The number of esters is 1. The fraction of sp³-hybridized carbons (Fsp3) is 0.316. The largest absolute Gasteiger partial charge is 0.497 e. The average Bonchev–Trinajstić information content (AvgIpc) is 3.01. The Morgan fingerprint density at radius 1 is 1.00 bits per heavy atom. The molecule has 1 heterocycles. The topological polar surface area (TPSA) is 94.2 Å². The monoisotopic (exact) mass is 406 g/mol. The number of anilines is 1. The van der Waals surface area contributed by atoms with E-state index in [0.29, 0.717) is 21.9 Å². The molecule has 1 aromatic carbocycles. The predicted molar refractivity (Wildman–Crippen MR) is 106 cm³/mol. The molecule has 0 radical (unpaired) electrons. The molecule has 1 N–H and O–H groups in total. The highest BCUT2D eigenvalue weighted by Gasteiger charge is 2.27. The summed E-state index contributed by atoms with van der Waals surface area (Å²) in [5, 5.41) is 2.93. The summed E-state index contributed by atoms with van der Waals surface area (Å²) in [6.45, 7) is 1.64. The number of nitrogens with one attached hydrogen (secondary N) is 1. The first-order valence-corrected chi connectivity index (χ1v) is 9.02. The standard InChI is InChI=1S/C19H22N2O6S/c1-10-14(19(24)27-6)17(28-15(10)18(23)21(2)3)20-16(22)11-7-12(25-4)9-13(8-11)26-5/h7-9H,1-6H3,(H,20,22). The van der Waals surface area contributed by atoms with Crippen molar-refractivity contribution in [1.82, 2.24) is 4.90 Å². The van der Waals surface area contributed by atoms with E-state index in [2.05, 4.69) is 5.32 Å². The second kappa shape index (κ2) is 8.75. The van der Waals surface area contributed by atoms with Crippen molar-refractivity contribution in [3.8, 4) is 11.5 Å². The first kappa shape index (κ1) is 21.2. The van der Waals surface area contributed by atoms with Crippen LogP contribution in [0.2, 0.25) is 0 Å². The molecule has 9 heteroatoms. The lowest BCUT2D eigenvalue weighted by atomic mass is 10.1. The van der Waals surface area contributed by atoms with E-state index in [1.807, 2.05) is 0 Å². The third kappa shape index (κ3) is 4.25. The molecule has 0 spiro atoms. The Labute approximate surface area is 167 Å². The Morgan fingerprint density at radius 2 is 1.57 bits per heavy atom. The zero-order valence-corrected chi connectivity index (χ0v) is 17.4. The fourth-order valence-corrected chi connectivity index (χ4v) is 3.68. The first-order valence-electron chi connectivity index (χ1n) is 8.21. The van der Waals surface area contributed by atoms with Crippen LogP contribution in [0.25, 0.3) is 0 Å². The Bertz CT molecular complexity index is 897. The summed E-state index contributed by atoms with van der Waals surface area (Å²) in [5.41, 5.74) is 0.883. The molecule has 1 aromatic heterocycles. The average molecular weight is 406 g/mol. The Kier molecular flexibility index (Phi) is 6.63. The molecule has 2 amide bonds. The van der Waals surface area contributed by atoms with Crippen LogP contribution in [0.1, 0.15) is 36.0 Å². The molecule has 8 nitrogen and oxygen atoms in total. The van der Waals surface area contributed by atoms with Crippen LogP contribution in [-0.2, 0) is 4.74 Å². The molecule has 0 unspecified atom stereocenters. The van der Waals surface area contributed by atoms with Crippen LogP contribution in [0.3, 0.4) is 0 Å². The number of ether oxygens (including phenoxy) is 3. The SMILES string of the molecule is COC(=O)c1c(NC(=O)c2cc(OC)cc(OC)c2)sc(C(=O)N(C)C)c1C. The predicted octanol–water partition coefficient (Wildman–Crippen LogP) is 2.81. The number of thiophene rings is 1. The third-order valence-corrected chi connectivity index (χ3v) is 5.17. The molecular formula is C19H22N2O6S. The van der Waals surface area contributed by atoms with Gasteiger partial charge in [0.2, 0.25) is 0 Å². The number of hydrogen-bond donors (Lipinski definition) is 1. The van der Waals surface area contributed by atoms with Crippen molar-refractivity contribution >= 4 is 34.1 Å². The van der Waals surface area contributed by atoms with Crippen LogP contribution in [0, 0.1) is 6.92 Å². The number of carbonyl (C=O) groups excluding carboxylic acids is 3. The van der Waals surface area contributed by atoms with Gasteiger partial charge in [-0.2, -0.15) is 0 Å². The highest BCUT2D eigenvalue weighted by molar-refractivity contribution is 7.18. The molecule has 0 saturated carbocycles. The van der Waals surface area contributed by atoms with E-state index in [1.54, 1.807) is 39.2 Å². The van der Waals surface area contributed by atoms with Gasteiger partial charge in [0, 0.05) is 25.7 Å². The summed E-state index contributed by atoms with van der Waals surface area (Å²) in [6, 6.07) is 4.73. The molecule has 0 atom stereocenters. The molecule has 150 valence electrons. The fourth-order valence-electron chi connectivity index (χ4n) is 2.47. The Morgan fingerprint density at radius 3 is 2.04 bits per heavy atom. The smallest absolute Gasteiger partial charge is 0.341 e. The minimum Gasteiger partial charge on any atom is -0.497 e. The van der Waals surface area contributed by atoms with Gasteiger partial charge in [-0.1, -0.05) is 0 Å². The van der Waals surface area contributed by atoms with E-state index < -0.39 is 11.9 Å². The molecule has 0 bridgehead atoms. The lowest BCUT2D eigenvalue weighted by Gasteiger charge is -2.09. The lowest BCUT2D eigenvalue weighted by Crippen LogP contribution is -2.21. The van der Waals surface area contributed by atoms with Crippen LogP contribution in [0.4, 0.5) is 5.00 Å². The highest BCUT2D eigenvalue weighted by Crippen LogP contribution is 2.35. The second-order valence-electron chi connectivity index (χ2n) is 6.01. The van der Waals surface area contributed by atoms with Gasteiger partial charge in [-0.05, 0) is 24.6 Å². The van der Waals surface area contributed by atoms with E-state index in [0.717, 1.165) is 11.3 Å². The van der Waals surface area contributed by atoms with Gasteiger partial charge in [0.25, 0.3) is 11.8 Å². The summed E-state index contributed by atoms with van der Waals surface area (Å²) in [5.74, 6) is -0.485. The number of methoxy groups -OCH3 is 3. The van der Waals surface area contributed by atoms with Crippen molar-refractivity contribution in [2.45, 2.75) is 6.92 Å². The number of rotatable bonds is 6. The van der Waals surface area contributed by atoms with E-state index in [1.165, 1.54) is 26.2 Å². The minimum atomic E-state index is -0.634. The summed E-state index contributed by atoms with van der Waals surface area (Å²) >= 11 is 1.02. The maximum absolute atomic E-state index is 12.8. The number of nitrogens with zero attached hydrogens (tertiary/aromatic N) is 1. The van der Waals surface area contributed by atoms with Crippen LogP contribution in [0.5, 0.6) is 11.5 Å². The molecule has 2 aromatic rings. The zero-order valence-electron chi connectivity index (χ0n) is 16.5. The lowest BCUT2D eigenvalue weighted by molar-refractivity contribution is 0.0601. The maximum atomic E-state index is 12.8. The van der Waals surface area contributed by atoms with Crippen molar-refractivity contribution in [3.63, 3.8) is 0 Å². The van der Waals surface area contributed by atoms with Crippen LogP contribution in [0.15, 0.2) is 18.2 Å². The number of benzene rings is 1. The first-order chi connectivity index (χ1) is 13.2. The van der Waals surface area contributed by atoms with Gasteiger partial charge in [-0.3, -0.25) is 9.59 Å². The summed E-state index contributed by atoms with van der Waals surface area (Å²) in [7, 11) is 7.42. The molecular weight excluding hydrogens is 384 g/mol. The molecule has 0 saturated heterocycles. The molecule has 0 fully saturated rings. The van der Waals surface area contributed by atoms with Gasteiger partial charge in [-0.25, -0.2) is 4.79 Å². The van der Waals surface area contributed by atoms with Crippen LogP contribution >= 0.6 is 11.3 Å². The normalized spacial score (nSPS) is 10.2. The van der Waals surface area contributed by atoms with Crippen LogP contribution < -0.4 is 14.8 Å². The zero-order chi connectivity index (χ0) is 21.0. The van der Waals surface area contributed by atoms with Crippen molar-refractivity contribution in [3.05, 3.63) is 39.8 Å². The van der Waals surface area contributed by atoms with E-state index >= 15 is 0 Å². The van der Waals surface area contributed by atoms with Gasteiger partial charge < -0.3 is 24.4 Å². The van der Waals surface area contributed by atoms with E-state index in [4.69, 9.17) is 14.2 Å². The van der Waals surface area contributed by atoms with Gasteiger partial charge in [-0.15, -0.1) is 11.3 Å². The molecule has 2 rings (SSSR count). The van der Waals surface area contributed by atoms with Crippen molar-refractivity contribution in [2.75, 3.05) is 40.7 Å². The summed E-state index contributed by atoms with van der Waals surface area (Å²) < 4.78 is 15.2.